The van der Waals surface area contributed by atoms with Gasteiger partial charge in [0.25, 0.3) is 0 Å². The van der Waals surface area contributed by atoms with E-state index in [1.807, 2.05) is 0 Å². The molecule has 2 nitrogen and oxygen atoms in total. The highest BCUT2D eigenvalue weighted by Gasteiger charge is 2.40. The third-order valence-corrected chi connectivity index (χ3v) is 5.16. The highest BCUT2D eigenvalue weighted by molar-refractivity contribution is 8.00. The molecule has 0 aromatic heterocycles. The highest BCUT2D eigenvalue weighted by Crippen LogP contribution is 2.47. The van der Waals surface area contributed by atoms with Crippen molar-refractivity contribution in [1.29, 1.82) is 5.26 Å². The van der Waals surface area contributed by atoms with Crippen LogP contribution in [0.15, 0.2) is 0 Å². The minimum absolute atomic E-state index is 0.447. The van der Waals surface area contributed by atoms with Crippen molar-refractivity contribution in [3.63, 3.8) is 0 Å². The molecule has 0 radical (unpaired) electrons. The second kappa shape index (κ2) is 4.76. The molecule has 2 fully saturated rings. The van der Waals surface area contributed by atoms with Gasteiger partial charge in [0.15, 0.2) is 0 Å². The zero-order chi connectivity index (χ0) is 10.7. The Hall–Kier alpha value is -0.200. The lowest BCUT2D eigenvalue weighted by atomic mass is 9.82. The van der Waals surface area contributed by atoms with Gasteiger partial charge >= 0.3 is 0 Å². The van der Waals surface area contributed by atoms with Crippen LogP contribution in [0.2, 0.25) is 0 Å². The number of nitrogens with zero attached hydrogens (tertiary/aromatic N) is 1. The minimum Gasteiger partial charge on any atom is -0.390 e. The van der Waals surface area contributed by atoms with Crippen LogP contribution in [0.3, 0.4) is 0 Å². The van der Waals surface area contributed by atoms with Gasteiger partial charge in [0.1, 0.15) is 0 Å². The Morgan fingerprint density at radius 3 is 2.60 bits per heavy atom. The number of fused-ring (bicyclic) bond motifs is 2. The van der Waals surface area contributed by atoms with E-state index in [2.05, 4.69) is 17.8 Å². The fraction of sp³-hybridized carbons (Fsp3) is 0.917. The van der Waals surface area contributed by atoms with E-state index >= 15 is 0 Å². The molecular weight excluding hydrogens is 206 g/mol. The predicted octanol–water partition coefficient (Wildman–Crippen LogP) is 2.86. The number of rotatable bonds is 3. The van der Waals surface area contributed by atoms with Crippen molar-refractivity contribution in [3.05, 3.63) is 0 Å². The van der Waals surface area contributed by atoms with Gasteiger partial charge < -0.3 is 5.11 Å². The van der Waals surface area contributed by atoms with Crippen molar-refractivity contribution >= 4 is 11.8 Å². The van der Waals surface area contributed by atoms with E-state index in [0.29, 0.717) is 16.9 Å². The van der Waals surface area contributed by atoms with Gasteiger partial charge in [-0.15, -0.1) is 0 Å². The molecule has 2 aliphatic rings. The smallest absolute Gasteiger partial charge is 0.0669 e. The maximum Gasteiger partial charge on any atom is 0.0669 e. The van der Waals surface area contributed by atoms with E-state index in [1.165, 1.54) is 19.3 Å². The van der Waals surface area contributed by atoms with E-state index in [0.717, 1.165) is 25.7 Å². The maximum atomic E-state index is 10.5. The molecule has 15 heavy (non-hydrogen) atoms. The zero-order valence-electron chi connectivity index (χ0n) is 9.11. The van der Waals surface area contributed by atoms with E-state index in [9.17, 15) is 5.11 Å². The van der Waals surface area contributed by atoms with E-state index in [4.69, 9.17) is 5.26 Å². The third kappa shape index (κ3) is 2.89. The number of aliphatic hydroxyl groups is 1. The van der Waals surface area contributed by atoms with Gasteiger partial charge in [-0.3, -0.25) is 0 Å². The summed E-state index contributed by atoms with van der Waals surface area (Å²) in [5, 5.41) is 20.4. The van der Waals surface area contributed by atoms with Crippen LogP contribution in [0.25, 0.3) is 0 Å². The summed E-state index contributed by atoms with van der Waals surface area (Å²) in [4.78, 5) is 0. The largest absolute Gasteiger partial charge is 0.390 e. The first-order valence-electron chi connectivity index (χ1n) is 5.97. The summed E-state index contributed by atoms with van der Waals surface area (Å²) < 4.78 is 0. The summed E-state index contributed by atoms with van der Waals surface area (Å²) in [5.74, 6) is 0. The van der Waals surface area contributed by atoms with Crippen molar-refractivity contribution < 1.29 is 5.11 Å². The summed E-state index contributed by atoms with van der Waals surface area (Å²) in [7, 11) is 0. The number of hydrogen-bond acceptors (Lipinski definition) is 3. The first kappa shape index (κ1) is 11.3. The molecule has 1 N–H and O–H groups in total. The van der Waals surface area contributed by atoms with Crippen LogP contribution >= 0.6 is 11.8 Å². The molecule has 0 saturated carbocycles. The summed E-state index contributed by atoms with van der Waals surface area (Å²) in [6.07, 6.45) is 8.09. The molecule has 2 aliphatic heterocycles. The quantitative estimate of drug-likeness (QED) is 0.751. The highest BCUT2D eigenvalue weighted by atomic mass is 32.2. The maximum absolute atomic E-state index is 10.5. The fourth-order valence-electron chi connectivity index (χ4n) is 2.91. The molecule has 2 bridgehead atoms. The summed E-state index contributed by atoms with van der Waals surface area (Å²) >= 11 is 2.09. The molecule has 2 saturated heterocycles. The molecule has 2 unspecified atom stereocenters. The average Bonchev–Trinajstić information content (AvgIpc) is 2.17. The van der Waals surface area contributed by atoms with Crippen molar-refractivity contribution in [2.45, 2.75) is 67.5 Å². The Balaban J connectivity index is 1.88. The van der Waals surface area contributed by atoms with Crippen LogP contribution < -0.4 is 0 Å². The summed E-state index contributed by atoms with van der Waals surface area (Å²) in [6, 6.07) is 2.16. The lowest BCUT2D eigenvalue weighted by Gasteiger charge is -2.44. The lowest BCUT2D eigenvalue weighted by molar-refractivity contribution is 0.00323. The van der Waals surface area contributed by atoms with Crippen LogP contribution in [0.5, 0.6) is 0 Å². The van der Waals surface area contributed by atoms with E-state index in [1.54, 1.807) is 0 Å². The van der Waals surface area contributed by atoms with Crippen molar-refractivity contribution in [3.8, 4) is 6.07 Å². The minimum atomic E-state index is -0.447. The number of nitriles is 1. The molecule has 0 aromatic carbocycles. The Kier molecular flexibility index (Phi) is 3.58. The van der Waals surface area contributed by atoms with Crippen LogP contribution in [0.1, 0.15) is 51.4 Å². The van der Waals surface area contributed by atoms with Gasteiger partial charge in [-0.1, -0.05) is 6.42 Å². The standard InChI is InChI=1S/C12H19NOS/c13-7-2-1-6-12(14)8-10-4-3-5-11(9-12)15-10/h10-11,14H,1-6,8-9H2. The first-order chi connectivity index (χ1) is 7.22. The van der Waals surface area contributed by atoms with Crippen molar-refractivity contribution in [1.82, 2.24) is 0 Å². The van der Waals surface area contributed by atoms with Gasteiger partial charge in [-0.2, -0.15) is 17.0 Å². The molecule has 84 valence electrons. The second-order valence-electron chi connectivity index (χ2n) is 4.96. The van der Waals surface area contributed by atoms with Crippen LogP contribution in [-0.2, 0) is 0 Å². The van der Waals surface area contributed by atoms with Gasteiger partial charge in [0.05, 0.1) is 11.7 Å². The Labute approximate surface area is 96.1 Å². The molecule has 2 rings (SSSR count). The first-order valence-corrected chi connectivity index (χ1v) is 6.91. The molecule has 0 amide bonds. The van der Waals surface area contributed by atoms with Gasteiger partial charge in [0, 0.05) is 16.9 Å². The molecule has 0 aromatic rings. The summed E-state index contributed by atoms with van der Waals surface area (Å²) in [5.41, 5.74) is -0.447. The predicted molar refractivity (Wildman–Crippen MR) is 62.7 cm³/mol. The van der Waals surface area contributed by atoms with E-state index in [-0.39, 0.29) is 0 Å². The number of thioether (sulfide) groups is 1. The van der Waals surface area contributed by atoms with Gasteiger partial charge in [0.2, 0.25) is 0 Å². The van der Waals surface area contributed by atoms with Crippen LogP contribution in [0, 0.1) is 11.3 Å². The SMILES string of the molecule is N#CCCCC1(O)CC2CCCC(C1)S2. The Morgan fingerprint density at radius 2 is 2.00 bits per heavy atom. The van der Waals surface area contributed by atoms with Crippen LogP contribution in [0.4, 0.5) is 0 Å². The number of unbranched alkanes of at least 4 members (excludes halogenated alkanes) is 1. The van der Waals surface area contributed by atoms with Gasteiger partial charge in [-0.25, -0.2) is 0 Å². The Morgan fingerprint density at radius 1 is 1.33 bits per heavy atom. The Bertz CT molecular complexity index is 249. The molecular formula is C12H19NOS. The average molecular weight is 225 g/mol. The topological polar surface area (TPSA) is 44.0 Å². The molecule has 2 atom stereocenters. The summed E-state index contributed by atoms with van der Waals surface area (Å²) in [6.45, 7) is 0. The van der Waals surface area contributed by atoms with E-state index < -0.39 is 5.60 Å². The fourth-order valence-corrected chi connectivity index (χ4v) is 4.88. The third-order valence-electron chi connectivity index (χ3n) is 3.58. The van der Waals surface area contributed by atoms with Crippen molar-refractivity contribution in [2.75, 3.05) is 0 Å². The monoisotopic (exact) mass is 225 g/mol. The number of hydrogen-bond donors (Lipinski definition) is 1. The molecule has 3 heteroatoms. The normalized spacial score (nSPS) is 39.7. The van der Waals surface area contributed by atoms with Gasteiger partial charge in [-0.05, 0) is 38.5 Å². The zero-order valence-corrected chi connectivity index (χ0v) is 9.93. The molecule has 0 aliphatic carbocycles. The van der Waals surface area contributed by atoms with Crippen molar-refractivity contribution in [2.24, 2.45) is 0 Å². The second-order valence-corrected chi connectivity index (χ2v) is 6.56. The van der Waals surface area contributed by atoms with Crippen LogP contribution in [-0.4, -0.2) is 21.2 Å². The molecule has 2 heterocycles. The molecule has 0 spiro atoms. The lowest BCUT2D eigenvalue weighted by Crippen LogP contribution is -2.42.